The van der Waals surface area contributed by atoms with Crippen LogP contribution in [-0.2, 0) is 6.67 Å². The van der Waals surface area contributed by atoms with Gasteiger partial charge in [0.2, 0.25) is 6.79 Å². The monoisotopic (exact) mass is 410 g/mol. The fourth-order valence-corrected chi connectivity index (χ4v) is 4.16. The second-order valence-electron chi connectivity index (χ2n) is 6.49. The van der Waals surface area contributed by atoms with E-state index in [9.17, 15) is 14.9 Å². The molecule has 1 aromatic heterocycles. The van der Waals surface area contributed by atoms with Gasteiger partial charge in [-0.25, -0.2) is 4.99 Å². The zero-order valence-corrected chi connectivity index (χ0v) is 15.8. The van der Waals surface area contributed by atoms with Crippen molar-refractivity contribution in [3.63, 3.8) is 0 Å². The van der Waals surface area contributed by atoms with Crippen LogP contribution in [0.5, 0.6) is 11.5 Å². The van der Waals surface area contributed by atoms with Crippen LogP contribution >= 0.6 is 11.3 Å². The Hall–Kier alpha value is -3.66. The average molecular weight is 410 g/mol. The van der Waals surface area contributed by atoms with Gasteiger partial charge in [0.05, 0.1) is 9.46 Å². The molecule has 3 aromatic rings. The van der Waals surface area contributed by atoms with Gasteiger partial charge in [0.15, 0.2) is 16.3 Å². The topological polar surface area (TPSA) is 99.2 Å². The van der Waals surface area contributed by atoms with Crippen LogP contribution in [0, 0.1) is 10.1 Å². The molecule has 2 aliphatic heterocycles. The molecule has 0 aliphatic carbocycles. The maximum Gasteiger partial charge on any atom is 0.271 e. The summed E-state index contributed by atoms with van der Waals surface area (Å²) in [5.41, 5.74) is 1.48. The van der Waals surface area contributed by atoms with Crippen LogP contribution in [0.3, 0.4) is 0 Å². The lowest BCUT2D eigenvalue weighted by Crippen LogP contribution is -2.42. The molecule has 0 N–H and O–H groups in total. The van der Waals surface area contributed by atoms with Gasteiger partial charge in [0.1, 0.15) is 13.3 Å². The maximum atomic E-state index is 12.9. The largest absolute Gasteiger partial charge is 0.454 e. The van der Waals surface area contributed by atoms with Crippen LogP contribution < -0.4 is 29.3 Å². The highest BCUT2D eigenvalue weighted by Gasteiger charge is 2.19. The Morgan fingerprint density at radius 3 is 2.72 bits per heavy atom. The molecular formula is C19H14N4O5S. The number of anilines is 1. The highest BCUT2D eigenvalue weighted by molar-refractivity contribution is 7.07. The summed E-state index contributed by atoms with van der Waals surface area (Å²) in [6.45, 7) is 1.01. The molecule has 2 aromatic carbocycles. The fraction of sp³-hybridized carbons (Fsp3) is 0.158. The van der Waals surface area contributed by atoms with Crippen molar-refractivity contribution in [2.75, 3.05) is 18.4 Å². The summed E-state index contributed by atoms with van der Waals surface area (Å²) in [6, 6.07) is 11.7. The van der Waals surface area contributed by atoms with Gasteiger partial charge in [-0.1, -0.05) is 11.3 Å². The Morgan fingerprint density at radius 2 is 1.93 bits per heavy atom. The first-order chi connectivity index (χ1) is 14.1. The highest BCUT2D eigenvalue weighted by Crippen LogP contribution is 2.35. The molecule has 9 nitrogen and oxygen atoms in total. The van der Waals surface area contributed by atoms with Crippen LogP contribution in [0.4, 0.5) is 11.4 Å². The standard InChI is InChI=1S/C19H14N4O5S/c24-18-17(7-12-1-3-13(4-2-12)23(25)26)29-19-20-9-21(10-22(18)19)14-5-6-15-16(8-14)28-11-27-15/h1-8H,9-11H2/b17-7-. The van der Waals surface area contributed by atoms with Crippen molar-refractivity contribution in [2.45, 2.75) is 6.67 Å². The van der Waals surface area contributed by atoms with Crippen molar-refractivity contribution in [3.05, 3.63) is 77.8 Å². The molecule has 3 heterocycles. The number of benzene rings is 2. The van der Waals surface area contributed by atoms with Gasteiger partial charge in [0.25, 0.3) is 11.2 Å². The Balaban J connectivity index is 1.46. The SMILES string of the molecule is O=c1/c(=C/c2ccc([N+](=O)[O-])cc2)sc2n1CN(c1ccc3c(c1)OCO3)CN=2. The smallest absolute Gasteiger partial charge is 0.271 e. The molecule has 0 fully saturated rings. The Labute approximate surface area is 167 Å². The number of hydrogen-bond donors (Lipinski definition) is 0. The molecule has 0 radical (unpaired) electrons. The number of aromatic nitrogens is 1. The van der Waals surface area contributed by atoms with Crippen molar-refractivity contribution < 1.29 is 14.4 Å². The van der Waals surface area contributed by atoms with E-state index in [1.807, 2.05) is 23.1 Å². The van der Waals surface area contributed by atoms with Gasteiger partial charge < -0.3 is 14.4 Å². The number of fused-ring (bicyclic) bond motifs is 2. The summed E-state index contributed by atoms with van der Waals surface area (Å²) >= 11 is 1.31. The molecule has 0 bridgehead atoms. The van der Waals surface area contributed by atoms with E-state index in [0.717, 1.165) is 11.3 Å². The predicted molar refractivity (Wildman–Crippen MR) is 106 cm³/mol. The molecule has 0 saturated carbocycles. The predicted octanol–water partition coefficient (Wildman–Crippen LogP) is 1.43. The fourth-order valence-electron chi connectivity index (χ4n) is 3.20. The van der Waals surface area contributed by atoms with E-state index in [-0.39, 0.29) is 18.0 Å². The van der Waals surface area contributed by atoms with E-state index < -0.39 is 4.92 Å². The summed E-state index contributed by atoms with van der Waals surface area (Å²) in [5, 5.41) is 10.8. The second-order valence-corrected chi connectivity index (χ2v) is 7.50. The quantitative estimate of drug-likeness (QED) is 0.479. The number of nitro groups is 1. The number of hydrogen-bond acceptors (Lipinski definition) is 8. The summed E-state index contributed by atoms with van der Waals surface area (Å²) in [6.07, 6.45) is 1.72. The lowest BCUT2D eigenvalue weighted by molar-refractivity contribution is -0.384. The lowest BCUT2D eigenvalue weighted by Gasteiger charge is -2.25. The molecule has 146 valence electrons. The first kappa shape index (κ1) is 17.4. The van der Waals surface area contributed by atoms with E-state index in [1.54, 1.807) is 22.8 Å². The van der Waals surface area contributed by atoms with Crippen LogP contribution in [0.2, 0.25) is 0 Å². The summed E-state index contributed by atoms with van der Waals surface area (Å²) in [5.74, 6) is 1.38. The molecule has 0 saturated heterocycles. The zero-order valence-electron chi connectivity index (χ0n) is 15.0. The van der Waals surface area contributed by atoms with E-state index in [4.69, 9.17) is 9.47 Å². The van der Waals surface area contributed by atoms with Gasteiger partial charge in [-0.05, 0) is 35.9 Å². The molecule has 2 aliphatic rings. The van der Waals surface area contributed by atoms with Crippen LogP contribution in [0.15, 0.2) is 52.3 Å². The number of rotatable bonds is 3. The molecule has 10 heteroatoms. The minimum atomic E-state index is -0.452. The van der Waals surface area contributed by atoms with E-state index in [2.05, 4.69) is 4.99 Å². The molecule has 0 amide bonds. The van der Waals surface area contributed by atoms with Crippen molar-refractivity contribution >= 4 is 28.8 Å². The average Bonchev–Trinajstić information content (AvgIpc) is 3.32. The zero-order chi connectivity index (χ0) is 20.0. The van der Waals surface area contributed by atoms with Crippen molar-refractivity contribution in [3.8, 4) is 11.5 Å². The van der Waals surface area contributed by atoms with Crippen LogP contribution in [0.25, 0.3) is 6.08 Å². The molecular weight excluding hydrogens is 396 g/mol. The summed E-state index contributed by atoms with van der Waals surface area (Å²) < 4.78 is 12.9. The maximum absolute atomic E-state index is 12.9. The van der Waals surface area contributed by atoms with E-state index in [0.29, 0.717) is 34.2 Å². The first-order valence-electron chi connectivity index (χ1n) is 8.73. The Bertz CT molecular complexity index is 1300. The van der Waals surface area contributed by atoms with Crippen molar-refractivity contribution in [2.24, 2.45) is 4.99 Å². The lowest BCUT2D eigenvalue weighted by atomic mass is 10.2. The minimum absolute atomic E-state index is 0.0127. The van der Waals surface area contributed by atoms with Crippen molar-refractivity contribution in [1.29, 1.82) is 0 Å². The van der Waals surface area contributed by atoms with Gasteiger partial charge in [-0.15, -0.1) is 0 Å². The Kier molecular flexibility index (Phi) is 4.06. The summed E-state index contributed by atoms with van der Waals surface area (Å²) in [7, 11) is 0. The molecule has 29 heavy (non-hydrogen) atoms. The third-order valence-corrected chi connectivity index (χ3v) is 5.74. The van der Waals surface area contributed by atoms with Gasteiger partial charge in [-0.2, -0.15) is 0 Å². The van der Waals surface area contributed by atoms with Gasteiger partial charge >= 0.3 is 0 Å². The third kappa shape index (κ3) is 3.13. The highest BCUT2D eigenvalue weighted by atomic mass is 32.1. The molecule has 0 atom stereocenters. The van der Waals surface area contributed by atoms with Gasteiger partial charge in [-0.3, -0.25) is 19.5 Å². The first-order valence-corrected chi connectivity index (χ1v) is 9.55. The van der Waals surface area contributed by atoms with Crippen LogP contribution in [-0.4, -0.2) is 23.0 Å². The Morgan fingerprint density at radius 1 is 1.14 bits per heavy atom. The van der Waals surface area contributed by atoms with Crippen LogP contribution in [0.1, 0.15) is 5.56 Å². The van der Waals surface area contributed by atoms with Crippen molar-refractivity contribution in [1.82, 2.24) is 4.57 Å². The van der Waals surface area contributed by atoms with E-state index in [1.165, 1.54) is 23.5 Å². The number of non-ortho nitro benzene ring substituents is 1. The third-order valence-electron chi connectivity index (χ3n) is 4.70. The number of nitro benzene ring substituents is 1. The molecule has 0 spiro atoms. The number of thiazole rings is 1. The number of nitrogens with zero attached hydrogens (tertiary/aromatic N) is 4. The van der Waals surface area contributed by atoms with E-state index >= 15 is 0 Å². The summed E-state index contributed by atoms with van der Waals surface area (Å²) in [4.78, 5) is 30.3. The van der Waals surface area contributed by atoms with Gasteiger partial charge in [0, 0.05) is 23.9 Å². The number of ether oxygens (including phenoxy) is 2. The second kappa shape index (κ2) is 6.74. The minimum Gasteiger partial charge on any atom is -0.454 e. The molecule has 5 rings (SSSR count). The molecule has 0 unspecified atom stereocenters. The normalized spacial score (nSPS) is 15.2.